The monoisotopic (exact) mass is 472 g/mol. The summed E-state index contributed by atoms with van der Waals surface area (Å²) in [6.07, 6.45) is 1.37. The van der Waals surface area contributed by atoms with Gasteiger partial charge in [-0.05, 0) is 61.9 Å². The van der Waals surface area contributed by atoms with Crippen molar-refractivity contribution in [3.63, 3.8) is 0 Å². The molecule has 1 aromatic heterocycles. The van der Waals surface area contributed by atoms with Crippen molar-refractivity contribution in [1.29, 1.82) is 0 Å². The third kappa shape index (κ3) is 5.73. The smallest absolute Gasteiger partial charge is 0.317 e. The van der Waals surface area contributed by atoms with Gasteiger partial charge in [0.2, 0.25) is 5.91 Å². The number of halogens is 1. The van der Waals surface area contributed by atoms with Crippen molar-refractivity contribution in [2.24, 2.45) is 0 Å². The van der Waals surface area contributed by atoms with E-state index in [1.54, 1.807) is 28.4 Å². The fourth-order valence-corrected chi connectivity index (χ4v) is 5.54. The third-order valence-electron chi connectivity index (χ3n) is 6.24. The Hall–Kier alpha value is -2.45. The van der Waals surface area contributed by atoms with E-state index in [9.17, 15) is 14.0 Å². The first kappa shape index (κ1) is 23.7. The molecule has 2 aromatic rings. The average Bonchev–Trinajstić information content (AvgIpc) is 3.25. The molecule has 0 aliphatic carbocycles. The summed E-state index contributed by atoms with van der Waals surface area (Å²) in [6, 6.07) is 8.82. The average molecular weight is 473 g/mol. The summed E-state index contributed by atoms with van der Waals surface area (Å²) >= 11 is 1.75. The number of fused-ring (bicyclic) bond motifs is 1. The molecule has 33 heavy (non-hydrogen) atoms. The predicted molar refractivity (Wildman–Crippen MR) is 129 cm³/mol. The van der Waals surface area contributed by atoms with Crippen LogP contribution in [0.4, 0.5) is 9.18 Å². The normalized spacial score (nSPS) is 19.3. The lowest BCUT2D eigenvalue weighted by Gasteiger charge is -2.38. The van der Waals surface area contributed by atoms with Crippen molar-refractivity contribution < 1.29 is 14.0 Å². The van der Waals surface area contributed by atoms with Crippen LogP contribution in [0.1, 0.15) is 49.2 Å². The lowest BCUT2D eigenvalue weighted by atomic mass is 9.93. The van der Waals surface area contributed by atoms with E-state index in [2.05, 4.69) is 21.7 Å². The van der Waals surface area contributed by atoms with Gasteiger partial charge in [-0.1, -0.05) is 12.1 Å². The summed E-state index contributed by atoms with van der Waals surface area (Å²) in [5.74, 6) is -0.126. The van der Waals surface area contributed by atoms with Crippen molar-refractivity contribution in [1.82, 2.24) is 20.0 Å². The minimum absolute atomic E-state index is 0.0264. The minimum atomic E-state index is -0.279. The molecule has 2 aliphatic heterocycles. The molecule has 8 heteroatoms. The van der Waals surface area contributed by atoms with E-state index in [0.717, 1.165) is 18.5 Å². The van der Waals surface area contributed by atoms with E-state index in [-0.39, 0.29) is 29.3 Å². The van der Waals surface area contributed by atoms with Gasteiger partial charge in [-0.15, -0.1) is 11.3 Å². The molecular formula is C25H33FN4O2S. The van der Waals surface area contributed by atoms with Crippen LogP contribution in [0.2, 0.25) is 0 Å². The van der Waals surface area contributed by atoms with Crippen molar-refractivity contribution in [3.8, 4) is 0 Å². The van der Waals surface area contributed by atoms with Crippen LogP contribution in [0.15, 0.2) is 35.7 Å². The molecule has 1 saturated heterocycles. The molecule has 0 saturated carbocycles. The summed E-state index contributed by atoms with van der Waals surface area (Å²) in [5, 5.41) is 5.08. The highest BCUT2D eigenvalue weighted by molar-refractivity contribution is 7.10. The molecule has 178 valence electrons. The third-order valence-corrected chi connectivity index (χ3v) is 7.24. The molecule has 1 N–H and O–H groups in total. The van der Waals surface area contributed by atoms with Gasteiger partial charge in [0.25, 0.3) is 0 Å². The van der Waals surface area contributed by atoms with E-state index in [1.807, 2.05) is 31.7 Å². The Morgan fingerprint density at radius 2 is 1.82 bits per heavy atom. The van der Waals surface area contributed by atoms with Crippen molar-refractivity contribution >= 4 is 23.3 Å². The lowest BCUT2D eigenvalue weighted by molar-refractivity contribution is -0.133. The zero-order valence-corrected chi connectivity index (χ0v) is 20.5. The van der Waals surface area contributed by atoms with E-state index in [1.165, 1.54) is 16.5 Å². The molecule has 3 heterocycles. The molecule has 0 bridgehead atoms. The first-order valence-corrected chi connectivity index (χ1v) is 12.5. The maximum Gasteiger partial charge on any atom is 0.317 e. The maximum atomic E-state index is 14.0. The number of carbonyl (C=O) groups is 2. The van der Waals surface area contributed by atoms with Crippen molar-refractivity contribution in [2.75, 3.05) is 39.3 Å². The summed E-state index contributed by atoms with van der Waals surface area (Å²) in [6.45, 7) is 9.55. The predicted octanol–water partition coefficient (Wildman–Crippen LogP) is 3.88. The topological polar surface area (TPSA) is 55.9 Å². The maximum absolute atomic E-state index is 14.0. The van der Waals surface area contributed by atoms with Gasteiger partial charge in [-0.3, -0.25) is 9.69 Å². The number of urea groups is 1. The molecular weight excluding hydrogens is 439 g/mol. The van der Waals surface area contributed by atoms with Gasteiger partial charge >= 0.3 is 6.03 Å². The van der Waals surface area contributed by atoms with Crippen LogP contribution >= 0.6 is 11.3 Å². The van der Waals surface area contributed by atoms with Gasteiger partial charge < -0.3 is 15.1 Å². The Balaban J connectivity index is 1.35. The van der Waals surface area contributed by atoms with Gasteiger partial charge in [0.05, 0.1) is 6.04 Å². The van der Waals surface area contributed by atoms with E-state index >= 15 is 0 Å². The lowest BCUT2D eigenvalue weighted by Crippen LogP contribution is -2.56. The molecule has 3 amide bonds. The molecule has 1 aromatic carbocycles. The highest BCUT2D eigenvalue weighted by Crippen LogP contribution is 2.37. The number of hydrogen-bond acceptors (Lipinski definition) is 4. The zero-order chi connectivity index (χ0) is 23.6. The van der Waals surface area contributed by atoms with Crippen LogP contribution in [0.25, 0.3) is 0 Å². The number of nitrogens with one attached hydrogen (secondary N) is 1. The number of piperazine rings is 1. The second-order valence-electron chi connectivity index (χ2n) is 9.84. The van der Waals surface area contributed by atoms with E-state index in [4.69, 9.17) is 0 Å². The Morgan fingerprint density at radius 1 is 1.09 bits per heavy atom. The van der Waals surface area contributed by atoms with Gasteiger partial charge in [-0.25, -0.2) is 9.18 Å². The second-order valence-corrected chi connectivity index (χ2v) is 10.8. The summed E-state index contributed by atoms with van der Waals surface area (Å²) < 4.78 is 14.0. The molecule has 6 nitrogen and oxygen atoms in total. The molecule has 1 fully saturated rings. The SMILES string of the molecule is CC(C)(C)NC(=O)N1CCN(C(=O)CCN2CCc3sccc3C2c2cccc(F)c2)CC1. The minimum Gasteiger partial charge on any atom is -0.339 e. The number of benzene rings is 1. The second kappa shape index (κ2) is 9.81. The first-order valence-electron chi connectivity index (χ1n) is 11.6. The van der Waals surface area contributed by atoms with Crippen LogP contribution in [-0.2, 0) is 11.2 Å². The van der Waals surface area contributed by atoms with Crippen LogP contribution in [0.3, 0.4) is 0 Å². The molecule has 1 atom stereocenters. The Morgan fingerprint density at radius 3 is 2.52 bits per heavy atom. The molecule has 2 aliphatic rings. The Bertz CT molecular complexity index is 994. The largest absolute Gasteiger partial charge is 0.339 e. The quantitative estimate of drug-likeness (QED) is 0.735. The summed E-state index contributed by atoms with van der Waals surface area (Å²) in [5.41, 5.74) is 1.88. The van der Waals surface area contributed by atoms with Crippen LogP contribution in [-0.4, -0.2) is 71.4 Å². The van der Waals surface area contributed by atoms with Crippen LogP contribution < -0.4 is 5.32 Å². The molecule has 0 spiro atoms. The fourth-order valence-electron chi connectivity index (χ4n) is 4.63. The number of nitrogens with zero attached hydrogens (tertiary/aromatic N) is 3. The van der Waals surface area contributed by atoms with E-state index in [0.29, 0.717) is 39.1 Å². The van der Waals surface area contributed by atoms with Gasteiger partial charge in [0.1, 0.15) is 5.82 Å². The Kier molecular flexibility index (Phi) is 7.05. The first-order chi connectivity index (χ1) is 15.7. The number of thiophene rings is 1. The molecule has 4 rings (SSSR count). The van der Waals surface area contributed by atoms with Crippen LogP contribution in [0.5, 0.6) is 0 Å². The fraction of sp³-hybridized carbons (Fsp3) is 0.520. The molecule has 0 radical (unpaired) electrons. The number of rotatable bonds is 4. The van der Waals surface area contributed by atoms with Gasteiger partial charge in [0.15, 0.2) is 0 Å². The number of hydrogen-bond donors (Lipinski definition) is 1. The number of carbonyl (C=O) groups excluding carboxylic acids is 2. The van der Waals surface area contributed by atoms with Gasteiger partial charge in [0, 0.05) is 56.1 Å². The van der Waals surface area contributed by atoms with Crippen LogP contribution in [0, 0.1) is 5.82 Å². The van der Waals surface area contributed by atoms with E-state index < -0.39 is 0 Å². The van der Waals surface area contributed by atoms with Crippen molar-refractivity contribution in [2.45, 2.75) is 45.2 Å². The summed E-state index contributed by atoms with van der Waals surface area (Å²) in [7, 11) is 0. The highest BCUT2D eigenvalue weighted by atomic mass is 32.1. The Labute approximate surface area is 199 Å². The highest BCUT2D eigenvalue weighted by Gasteiger charge is 2.31. The standard InChI is InChI=1S/C25H33FN4O2S/c1-25(2,3)27-24(32)30-14-12-28(13-15-30)22(31)8-11-29-10-7-21-20(9-16-33-21)23(29)18-5-4-6-19(26)17-18/h4-6,9,16-17,23H,7-8,10-15H2,1-3H3,(H,27,32). The summed E-state index contributed by atoms with van der Waals surface area (Å²) in [4.78, 5) is 32.6. The van der Waals surface area contributed by atoms with Gasteiger partial charge in [-0.2, -0.15) is 0 Å². The molecule has 1 unspecified atom stereocenters. The zero-order valence-electron chi connectivity index (χ0n) is 19.6. The number of amides is 3. The van der Waals surface area contributed by atoms with Crippen molar-refractivity contribution in [3.05, 3.63) is 57.5 Å².